The van der Waals surface area contributed by atoms with Gasteiger partial charge in [0.05, 0.1) is 0 Å². The molecule has 0 radical (unpaired) electrons. The van der Waals surface area contributed by atoms with Gasteiger partial charge >= 0.3 is 0 Å². The number of rotatable bonds is 1. The first-order valence-corrected chi connectivity index (χ1v) is 4.96. The monoisotopic (exact) mass is 188 g/mol. The molecule has 2 aromatic heterocycles. The van der Waals surface area contributed by atoms with E-state index in [1.807, 2.05) is 13.1 Å². The van der Waals surface area contributed by atoms with E-state index in [9.17, 15) is 4.79 Å². The third-order valence-electron chi connectivity index (χ3n) is 2.87. The molecule has 0 bridgehead atoms. The van der Waals surface area contributed by atoms with Crippen molar-refractivity contribution in [1.29, 1.82) is 0 Å². The minimum absolute atomic E-state index is 0.0162. The van der Waals surface area contributed by atoms with Gasteiger partial charge in [0.1, 0.15) is 5.52 Å². The van der Waals surface area contributed by atoms with Crippen molar-refractivity contribution in [2.24, 2.45) is 0 Å². The molecule has 1 fully saturated rings. The third kappa shape index (κ3) is 1.02. The van der Waals surface area contributed by atoms with Gasteiger partial charge in [0.25, 0.3) is 5.56 Å². The van der Waals surface area contributed by atoms with Gasteiger partial charge in [-0.25, -0.2) is 0 Å². The van der Waals surface area contributed by atoms with Gasteiger partial charge in [-0.05, 0) is 37.3 Å². The van der Waals surface area contributed by atoms with Gasteiger partial charge in [0.2, 0.25) is 0 Å². The van der Waals surface area contributed by atoms with Crippen molar-refractivity contribution in [2.75, 3.05) is 0 Å². The van der Waals surface area contributed by atoms with E-state index in [2.05, 4.69) is 16.0 Å². The van der Waals surface area contributed by atoms with Gasteiger partial charge in [-0.1, -0.05) is 0 Å². The molecule has 0 atom stereocenters. The summed E-state index contributed by atoms with van der Waals surface area (Å²) in [6.45, 7) is 1.98. The first-order chi connectivity index (χ1) is 6.75. The zero-order chi connectivity index (χ0) is 9.71. The lowest BCUT2D eigenvalue weighted by Gasteiger charge is -1.98. The highest BCUT2D eigenvalue weighted by molar-refractivity contribution is 5.83. The summed E-state index contributed by atoms with van der Waals surface area (Å²) in [7, 11) is 0. The summed E-state index contributed by atoms with van der Waals surface area (Å²) in [6, 6.07) is 2.07. The van der Waals surface area contributed by atoms with Crippen LogP contribution in [0.1, 0.15) is 30.0 Å². The Morgan fingerprint density at radius 2 is 2.21 bits per heavy atom. The predicted molar refractivity (Wildman–Crippen MR) is 55.6 cm³/mol. The van der Waals surface area contributed by atoms with Crippen molar-refractivity contribution >= 4 is 10.9 Å². The molecule has 0 spiro atoms. The van der Waals surface area contributed by atoms with Crippen LogP contribution in [0.3, 0.4) is 0 Å². The number of aromatic nitrogens is 2. The second-order valence-corrected chi connectivity index (χ2v) is 4.09. The summed E-state index contributed by atoms with van der Waals surface area (Å²) < 4.78 is 0. The average Bonchev–Trinajstić information content (AvgIpc) is 2.89. The van der Waals surface area contributed by atoms with Gasteiger partial charge in [0.15, 0.2) is 0 Å². The molecule has 0 amide bonds. The van der Waals surface area contributed by atoms with Crippen molar-refractivity contribution in [2.45, 2.75) is 25.7 Å². The van der Waals surface area contributed by atoms with Crippen LogP contribution in [-0.4, -0.2) is 9.97 Å². The first kappa shape index (κ1) is 7.85. The van der Waals surface area contributed by atoms with Gasteiger partial charge < -0.3 is 9.97 Å². The lowest BCUT2D eigenvalue weighted by Crippen LogP contribution is -2.06. The van der Waals surface area contributed by atoms with E-state index in [1.54, 1.807) is 0 Å². The fourth-order valence-corrected chi connectivity index (χ4v) is 2.02. The van der Waals surface area contributed by atoms with Crippen molar-refractivity contribution in [1.82, 2.24) is 9.97 Å². The smallest absolute Gasteiger partial charge is 0.272 e. The summed E-state index contributed by atoms with van der Waals surface area (Å²) in [4.78, 5) is 17.4. The minimum Gasteiger partial charge on any atom is -0.354 e. The largest absolute Gasteiger partial charge is 0.354 e. The van der Waals surface area contributed by atoms with Gasteiger partial charge in [0, 0.05) is 17.3 Å². The van der Waals surface area contributed by atoms with Crippen molar-refractivity contribution in [3.63, 3.8) is 0 Å². The van der Waals surface area contributed by atoms with Crippen LogP contribution in [0, 0.1) is 6.92 Å². The Labute approximate surface area is 81.2 Å². The van der Waals surface area contributed by atoms with Crippen LogP contribution < -0.4 is 5.56 Å². The van der Waals surface area contributed by atoms with E-state index in [0.29, 0.717) is 5.92 Å². The molecular formula is C11H12N2O. The molecule has 14 heavy (non-hydrogen) atoms. The SMILES string of the molecule is Cc1cc2c(C3CC3)c[nH]c(=O)c2[nH]1. The maximum Gasteiger partial charge on any atom is 0.272 e. The number of nitrogens with one attached hydrogen (secondary N) is 2. The zero-order valence-electron chi connectivity index (χ0n) is 8.05. The lowest BCUT2D eigenvalue weighted by atomic mass is 10.1. The normalized spacial score (nSPS) is 16.4. The van der Waals surface area contributed by atoms with E-state index in [-0.39, 0.29) is 5.56 Å². The van der Waals surface area contributed by atoms with Gasteiger partial charge in [-0.15, -0.1) is 0 Å². The summed E-state index contributed by atoms with van der Waals surface area (Å²) >= 11 is 0. The number of fused-ring (bicyclic) bond motifs is 1. The van der Waals surface area contributed by atoms with Crippen LogP contribution in [0.25, 0.3) is 10.9 Å². The van der Waals surface area contributed by atoms with Crippen LogP contribution in [0.5, 0.6) is 0 Å². The molecule has 72 valence electrons. The molecule has 2 heterocycles. The number of aromatic amines is 2. The van der Waals surface area contributed by atoms with Crippen LogP contribution in [-0.2, 0) is 0 Å². The van der Waals surface area contributed by atoms with Crippen molar-refractivity contribution in [3.05, 3.63) is 33.9 Å². The van der Waals surface area contributed by atoms with E-state index >= 15 is 0 Å². The summed E-state index contributed by atoms with van der Waals surface area (Å²) in [5.41, 5.74) is 3.06. The average molecular weight is 188 g/mol. The molecule has 0 saturated heterocycles. The summed E-state index contributed by atoms with van der Waals surface area (Å²) in [5.74, 6) is 0.671. The third-order valence-corrected chi connectivity index (χ3v) is 2.87. The van der Waals surface area contributed by atoms with Crippen LogP contribution >= 0.6 is 0 Å². The highest BCUT2D eigenvalue weighted by Crippen LogP contribution is 2.42. The molecular weight excluding hydrogens is 176 g/mol. The molecule has 2 aromatic rings. The predicted octanol–water partition coefficient (Wildman–Crippen LogP) is 2.04. The Bertz CT molecular complexity index is 546. The van der Waals surface area contributed by atoms with Crippen molar-refractivity contribution < 1.29 is 0 Å². The topological polar surface area (TPSA) is 48.6 Å². The molecule has 1 aliphatic carbocycles. The quantitative estimate of drug-likeness (QED) is 0.706. The lowest BCUT2D eigenvalue weighted by molar-refractivity contribution is 1.10. The van der Waals surface area contributed by atoms with Gasteiger partial charge in [-0.2, -0.15) is 0 Å². The highest BCUT2D eigenvalue weighted by atomic mass is 16.1. The molecule has 0 aromatic carbocycles. The Kier molecular flexibility index (Phi) is 1.40. The molecule has 1 aliphatic rings. The molecule has 2 N–H and O–H groups in total. The number of hydrogen-bond donors (Lipinski definition) is 2. The molecule has 0 aliphatic heterocycles. The molecule has 3 rings (SSSR count). The van der Waals surface area contributed by atoms with Gasteiger partial charge in [-0.3, -0.25) is 4.79 Å². The number of pyridine rings is 1. The summed E-state index contributed by atoms with van der Waals surface area (Å²) in [6.07, 6.45) is 4.38. The Morgan fingerprint density at radius 3 is 2.93 bits per heavy atom. The van der Waals surface area contributed by atoms with Crippen molar-refractivity contribution in [3.8, 4) is 0 Å². The van der Waals surface area contributed by atoms with E-state index in [1.165, 1.54) is 18.4 Å². The van der Waals surface area contributed by atoms with Crippen LogP contribution in [0.4, 0.5) is 0 Å². The maximum atomic E-state index is 11.5. The van der Waals surface area contributed by atoms with Crippen LogP contribution in [0.2, 0.25) is 0 Å². The molecule has 1 saturated carbocycles. The standard InChI is InChI=1S/C11H12N2O/c1-6-4-8-9(7-2-3-7)5-12-11(14)10(8)13-6/h4-5,7,13H,2-3H2,1H3,(H,12,14). The van der Waals surface area contributed by atoms with E-state index in [4.69, 9.17) is 0 Å². The molecule has 3 nitrogen and oxygen atoms in total. The Balaban J connectivity index is 2.40. The maximum absolute atomic E-state index is 11.5. The Hall–Kier alpha value is -1.51. The minimum atomic E-state index is -0.0162. The highest BCUT2D eigenvalue weighted by Gasteiger charge is 2.26. The Morgan fingerprint density at radius 1 is 1.43 bits per heavy atom. The van der Waals surface area contributed by atoms with E-state index < -0.39 is 0 Å². The van der Waals surface area contributed by atoms with Crippen LogP contribution in [0.15, 0.2) is 17.1 Å². The first-order valence-electron chi connectivity index (χ1n) is 4.96. The summed E-state index contributed by atoms with van der Waals surface area (Å²) in [5, 5.41) is 1.11. The number of hydrogen-bond acceptors (Lipinski definition) is 1. The number of H-pyrrole nitrogens is 2. The number of aryl methyl sites for hydroxylation is 1. The zero-order valence-corrected chi connectivity index (χ0v) is 8.05. The fraction of sp³-hybridized carbons (Fsp3) is 0.364. The second kappa shape index (κ2) is 2.50. The van der Waals surface area contributed by atoms with E-state index in [0.717, 1.165) is 16.6 Å². The molecule has 3 heteroatoms. The second-order valence-electron chi connectivity index (χ2n) is 4.09. The molecule has 0 unspecified atom stereocenters. The fourth-order valence-electron chi connectivity index (χ4n) is 2.02.